The van der Waals surface area contributed by atoms with Gasteiger partial charge in [0.15, 0.2) is 0 Å². The van der Waals surface area contributed by atoms with Crippen molar-refractivity contribution >= 4 is 15.9 Å². The van der Waals surface area contributed by atoms with Crippen molar-refractivity contribution < 1.29 is 9.13 Å². The summed E-state index contributed by atoms with van der Waals surface area (Å²) in [6.45, 7) is 3.94. The van der Waals surface area contributed by atoms with Crippen LogP contribution >= 0.6 is 15.9 Å². The first-order valence-corrected chi connectivity index (χ1v) is 4.19. The molecule has 64 valence electrons. The summed E-state index contributed by atoms with van der Waals surface area (Å²) in [7, 11) is 0. The third-order valence-electron chi connectivity index (χ3n) is 1.19. The highest BCUT2D eigenvalue weighted by molar-refractivity contribution is 9.11. The van der Waals surface area contributed by atoms with Crippen LogP contribution in [-0.4, -0.2) is 6.61 Å². The van der Waals surface area contributed by atoms with Crippen LogP contribution in [0.15, 0.2) is 35.3 Å². The van der Waals surface area contributed by atoms with E-state index in [2.05, 4.69) is 22.5 Å². The first kappa shape index (κ1) is 9.26. The van der Waals surface area contributed by atoms with Gasteiger partial charge < -0.3 is 4.74 Å². The summed E-state index contributed by atoms with van der Waals surface area (Å²) < 4.78 is 18.5. The SMILES string of the molecule is C=C(Br)COc1cccc(F)c1. The molecular weight excluding hydrogens is 223 g/mol. The van der Waals surface area contributed by atoms with Crippen molar-refractivity contribution in [3.8, 4) is 5.75 Å². The molecule has 1 rings (SSSR count). The van der Waals surface area contributed by atoms with Gasteiger partial charge in [0.05, 0.1) is 0 Å². The second-order valence-corrected chi connectivity index (χ2v) is 3.38. The zero-order valence-electron chi connectivity index (χ0n) is 6.39. The molecule has 0 aliphatic heterocycles. The minimum Gasteiger partial charge on any atom is -0.488 e. The molecule has 0 aromatic heterocycles. The average Bonchev–Trinajstić information content (AvgIpc) is 2.01. The zero-order chi connectivity index (χ0) is 8.97. The van der Waals surface area contributed by atoms with Gasteiger partial charge >= 0.3 is 0 Å². The van der Waals surface area contributed by atoms with Crippen molar-refractivity contribution in [2.24, 2.45) is 0 Å². The van der Waals surface area contributed by atoms with E-state index in [-0.39, 0.29) is 5.82 Å². The molecular formula is C9H8BrFO. The summed E-state index contributed by atoms with van der Waals surface area (Å²) in [6.07, 6.45) is 0. The fraction of sp³-hybridized carbons (Fsp3) is 0.111. The fourth-order valence-corrected chi connectivity index (χ4v) is 0.833. The van der Waals surface area contributed by atoms with E-state index in [0.29, 0.717) is 12.4 Å². The van der Waals surface area contributed by atoms with Crippen molar-refractivity contribution in [3.63, 3.8) is 0 Å². The number of ether oxygens (including phenoxy) is 1. The van der Waals surface area contributed by atoms with Crippen LogP contribution in [0, 0.1) is 5.82 Å². The fourth-order valence-electron chi connectivity index (χ4n) is 0.718. The van der Waals surface area contributed by atoms with Gasteiger partial charge in [-0.3, -0.25) is 0 Å². The molecule has 0 fully saturated rings. The molecule has 0 unspecified atom stereocenters. The Morgan fingerprint density at radius 2 is 2.33 bits per heavy atom. The smallest absolute Gasteiger partial charge is 0.126 e. The number of rotatable bonds is 3. The van der Waals surface area contributed by atoms with E-state index in [0.717, 1.165) is 4.48 Å². The number of hydrogen-bond donors (Lipinski definition) is 0. The molecule has 0 spiro atoms. The second kappa shape index (κ2) is 4.26. The molecule has 1 nitrogen and oxygen atoms in total. The minimum atomic E-state index is -0.298. The molecule has 0 radical (unpaired) electrons. The Bertz CT molecular complexity index is 286. The maximum absolute atomic E-state index is 12.6. The highest BCUT2D eigenvalue weighted by Crippen LogP contribution is 2.13. The lowest BCUT2D eigenvalue weighted by Gasteiger charge is -2.03. The summed E-state index contributed by atoms with van der Waals surface area (Å²) in [4.78, 5) is 0. The summed E-state index contributed by atoms with van der Waals surface area (Å²) in [5.74, 6) is 0.211. The molecule has 0 aliphatic carbocycles. The van der Waals surface area contributed by atoms with Crippen LogP contribution in [0.25, 0.3) is 0 Å². The van der Waals surface area contributed by atoms with E-state index in [1.165, 1.54) is 12.1 Å². The molecule has 0 saturated heterocycles. The molecule has 0 N–H and O–H groups in total. The monoisotopic (exact) mass is 230 g/mol. The summed E-state index contributed by atoms with van der Waals surface area (Å²) in [5, 5.41) is 0. The van der Waals surface area contributed by atoms with E-state index in [4.69, 9.17) is 4.74 Å². The first-order valence-electron chi connectivity index (χ1n) is 3.40. The maximum Gasteiger partial charge on any atom is 0.126 e. The van der Waals surface area contributed by atoms with Crippen LogP contribution in [0.1, 0.15) is 0 Å². The van der Waals surface area contributed by atoms with Crippen LogP contribution in [-0.2, 0) is 0 Å². The second-order valence-electron chi connectivity index (χ2n) is 2.26. The molecule has 0 aliphatic rings. The van der Waals surface area contributed by atoms with Gasteiger partial charge in [0.25, 0.3) is 0 Å². The molecule has 1 aromatic carbocycles. The van der Waals surface area contributed by atoms with Crippen molar-refractivity contribution in [1.82, 2.24) is 0 Å². The Labute approximate surface area is 79.0 Å². The van der Waals surface area contributed by atoms with Gasteiger partial charge in [-0.15, -0.1) is 0 Å². The van der Waals surface area contributed by atoms with Crippen LogP contribution in [0.4, 0.5) is 4.39 Å². The van der Waals surface area contributed by atoms with E-state index < -0.39 is 0 Å². The Hall–Kier alpha value is -0.830. The molecule has 0 heterocycles. The molecule has 12 heavy (non-hydrogen) atoms. The molecule has 0 bridgehead atoms. The van der Waals surface area contributed by atoms with Crippen molar-refractivity contribution in [1.29, 1.82) is 0 Å². The Kier molecular flexibility index (Phi) is 3.29. The van der Waals surface area contributed by atoms with Gasteiger partial charge in [-0.25, -0.2) is 4.39 Å². The quantitative estimate of drug-likeness (QED) is 0.776. The molecule has 0 atom stereocenters. The largest absolute Gasteiger partial charge is 0.488 e. The van der Waals surface area contributed by atoms with Gasteiger partial charge in [-0.05, 0) is 12.1 Å². The summed E-state index contributed by atoms with van der Waals surface area (Å²) in [5.41, 5.74) is 0. The standard InChI is InChI=1S/C9H8BrFO/c1-7(10)6-12-9-4-2-3-8(11)5-9/h2-5H,1,6H2. The van der Waals surface area contributed by atoms with Gasteiger partial charge in [0.1, 0.15) is 18.2 Å². The molecule has 0 saturated carbocycles. The molecule has 1 aromatic rings. The lowest BCUT2D eigenvalue weighted by Crippen LogP contribution is -1.95. The van der Waals surface area contributed by atoms with Crippen LogP contribution in [0.3, 0.4) is 0 Å². The highest BCUT2D eigenvalue weighted by atomic mass is 79.9. The van der Waals surface area contributed by atoms with Gasteiger partial charge in [-0.1, -0.05) is 28.6 Å². The lowest BCUT2D eigenvalue weighted by atomic mass is 10.3. The van der Waals surface area contributed by atoms with Crippen molar-refractivity contribution in [3.05, 3.63) is 41.1 Å². The highest BCUT2D eigenvalue weighted by Gasteiger charge is 1.95. The van der Waals surface area contributed by atoms with Crippen molar-refractivity contribution in [2.45, 2.75) is 0 Å². The van der Waals surface area contributed by atoms with Gasteiger partial charge in [-0.2, -0.15) is 0 Å². The first-order chi connectivity index (χ1) is 5.68. The minimum absolute atomic E-state index is 0.298. The van der Waals surface area contributed by atoms with E-state index in [1.54, 1.807) is 12.1 Å². The van der Waals surface area contributed by atoms with E-state index >= 15 is 0 Å². The van der Waals surface area contributed by atoms with Crippen LogP contribution in [0.2, 0.25) is 0 Å². The van der Waals surface area contributed by atoms with Gasteiger partial charge in [0, 0.05) is 10.5 Å². The predicted molar refractivity (Wildman–Crippen MR) is 50.0 cm³/mol. The lowest BCUT2D eigenvalue weighted by molar-refractivity contribution is 0.358. The van der Waals surface area contributed by atoms with E-state index in [1.807, 2.05) is 0 Å². The number of benzene rings is 1. The average molecular weight is 231 g/mol. The summed E-state index contributed by atoms with van der Waals surface area (Å²) in [6, 6.07) is 5.99. The van der Waals surface area contributed by atoms with E-state index in [9.17, 15) is 4.39 Å². The maximum atomic E-state index is 12.6. The third kappa shape index (κ3) is 3.05. The number of hydrogen-bond acceptors (Lipinski definition) is 1. The Balaban J connectivity index is 2.57. The van der Waals surface area contributed by atoms with Crippen LogP contribution in [0.5, 0.6) is 5.75 Å². The predicted octanol–water partition coefficient (Wildman–Crippen LogP) is 3.11. The Morgan fingerprint density at radius 1 is 1.58 bits per heavy atom. The topological polar surface area (TPSA) is 9.23 Å². The zero-order valence-corrected chi connectivity index (χ0v) is 7.97. The number of halogens is 2. The Morgan fingerprint density at radius 3 is 2.92 bits per heavy atom. The molecule has 3 heteroatoms. The van der Waals surface area contributed by atoms with Crippen LogP contribution < -0.4 is 4.74 Å². The summed E-state index contributed by atoms with van der Waals surface area (Å²) >= 11 is 3.14. The molecule has 0 amide bonds. The normalized spacial score (nSPS) is 9.50. The van der Waals surface area contributed by atoms with Gasteiger partial charge in [0.2, 0.25) is 0 Å². The third-order valence-corrected chi connectivity index (χ3v) is 1.42. The van der Waals surface area contributed by atoms with Crippen molar-refractivity contribution in [2.75, 3.05) is 6.61 Å².